The maximum Gasteiger partial charge on any atom is 0.163 e. The van der Waals surface area contributed by atoms with Crippen LogP contribution in [0.1, 0.15) is 54.2 Å². The van der Waals surface area contributed by atoms with E-state index in [0.717, 1.165) is 24.0 Å². The number of aryl methyl sites for hydroxylation is 1. The van der Waals surface area contributed by atoms with E-state index in [4.69, 9.17) is 24.9 Å². The maximum absolute atomic E-state index is 13.0. The molecule has 3 N–H and O–H groups in total. The first-order valence-electron chi connectivity index (χ1n) is 12.3. The molecular formula is C29H34N2O5. The number of nitrogens with two attached hydrogens (primary N) is 1. The highest BCUT2D eigenvalue weighted by molar-refractivity contribution is 5.96. The van der Waals surface area contributed by atoms with Gasteiger partial charge >= 0.3 is 0 Å². The number of methoxy groups -OCH3 is 1. The van der Waals surface area contributed by atoms with Crippen LogP contribution in [0, 0.1) is 6.92 Å². The van der Waals surface area contributed by atoms with Gasteiger partial charge in [-0.15, -0.1) is 0 Å². The number of ketones is 1. The van der Waals surface area contributed by atoms with Crippen LogP contribution >= 0.6 is 0 Å². The van der Waals surface area contributed by atoms with E-state index in [1.54, 1.807) is 44.4 Å². The zero-order valence-corrected chi connectivity index (χ0v) is 21.1. The second-order valence-electron chi connectivity index (χ2n) is 9.43. The lowest BCUT2D eigenvalue weighted by Gasteiger charge is -2.24. The Morgan fingerprint density at radius 3 is 2.47 bits per heavy atom. The van der Waals surface area contributed by atoms with Crippen LogP contribution in [-0.2, 0) is 5.60 Å². The Morgan fingerprint density at radius 1 is 1.08 bits per heavy atom. The highest BCUT2D eigenvalue weighted by Gasteiger charge is 2.28. The molecule has 7 heteroatoms. The molecule has 1 unspecified atom stereocenters. The fourth-order valence-electron chi connectivity index (χ4n) is 3.88. The number of pyridine rings is 1. The van der Waals surface area contributed by atoms with E-state index in [-0.39, 0.29) is 24.7 Å². The summed E-state index contributed by atoms with van der Waals surface area (Å²) in [5.74, 6) is 1.69. The number of benzene rings is 2. The largest absolute Gasteiger partial charge is 0.493 e. The van der Waals surface area contributed by atoms with Crippen LogP contribution in [0.25, 0.3) is 11.3 Å². The first-order chi connectivity index (χ1) is 17.3. The molecule has 0 bridgehead atoms. The summed E-state index contributed by atoms with van der Waals surface area (Å²) in [6, 6.07) is 16.7. The van der Waals surface area contributed by atoms with E-state index < -0.39 is 5.60 Å². The lowest BCUT2D eigenvalue weighted by molar-refractivity contribution is 0.0397. The molecule has 36 heavy (non-hydrogen) atoms. The molecule has 7 nitrogen and oxygen atoms in total. The van der Waals surface area contributed by atoms with Crippen molar-refractivity contribution in [1.82, 2.24) is 4.98 Å². The monoisotopic (exact) mass is 490 g/mol. The summed E-state index contributed by atoms with van der Waals surface area (Å²) in [6.07, 6.45) is 2.67. The molecule has 1 atom stereocenters. The number of Topliss-reactive ketones (excluding diaryl/α,β-unsaturated/α-hetero) is 1. The summed E-state index contributed by atoms with van der Waals surface area (Å²) in [5.41, 5.74) is 7.92. The zero-order valence-electron chi connectivity index (χ0n) is 21.1. The van der Waals surface area contributed by atoms with Crippen molar-refractivity contribution in [3.8, 4) is 28.5 Å². The zero-order chi connectivity index (χ0) is 25.7. The Kier molecular flexibility index (Phi) is 7.91. The Balaban J connectivity index is 1.51. The van der Waals surface area contributed by atoms with E-state index in [1.807, 2.05) is 31.2 Å². The van der Waals surface area contributed by atoms with Crippen molar-refractivity contribution in [3.05, 3.63) is 71.4 Å². The van der Waals surface area contributed by atoms with E-state index in [2.05, 4.69) is 0 Å². The van der Waals surface area contributed by atoms with Crippen LogP contribution in [0.5, 0.6) is 17.2 Å². The predicted molar refractivity (Wildman–Crippen MR) is 139 cm³/mol. The number of hydrogen-bond acceptors (Lipinski definition) is 7. The van der Waals surface area contributed by atoms with Crippen molar-refractivity contribution in [2.24, 2.45) is 5.73 Å². The average molecular weight is 491 g/mol. The minimum Gasteiger partial charge on any atom is -0.493 e. The maximum atomic E-state index is 13.0. The highest BCUT2D eigenvalue weighted by atomic mass is 16.5. The molecule has 1 heterocycles. The van der Waals surface area contributed by atoms with E-state index in [9.17, 15) is 9.90 Å². The normalized spacial score (nSPS) is 14.7. The first kappa shape index (κ1) is 25.7. The van der Waals surface area contributed by atoms with Gasteiger partial charge in [0.1, 0.15) is 23.7 Å². The summed E-state index contributed by atoms with van der Waals surface area (Å²) in [6.45, 7) is 4.44. The minimum atomic E-state index is -1.32. The summed E-state index contributed by atoms with van der Waals surface area (Å²) in [7, 11) is 1.56. The molecule has 0 radical (unpaired) electrons. The third-order valence-corrected chi connectivity index (χ3v) is 6.25. The average Bonchev–Trinajstić information content (AvgIpc) is 3.71. The van der Waals surface area contributed by atoms with Crippen molar-refractivity contribution >= 4 is 5.78 Å². The van der Waals surface area contributed by atoms with Crippen LogP contribution < -0.4 is 19.9 Å². The summed E-state index contributed by atoms with van der Waals surface area (Å²) >= 11 is 0. The number of ether oxygens (including phenoxy) is 3. The van der Waals surface area contributed by atoms with Gasteiger partial charge in [-0.3, -0.25) is 4.79 Å². The van der Waals surface area contributed by atoms with E-state index in [0.29, 0.717) is 47.4 Å². The quantitative estimate of drug-likeness (QED) is 0.351. The van der Waals surface area contributed by atoms with Crippen molar-refractivity contribution in [3.63, 3.8) is 0 Å². The van der Waals surface area contributed by atoms with Gasteiger partial charge in [0.05, 0.1) is 18.9 Å². The Hall–Kier alpha value is -3.42. The molecular weight excluding hydrogens is 456 g/mol. The molecule has 3 aromatic rings. The van der Waals surface area contributed by atoms with Crippen LogP contribution in [0.2, 0.25) is 0 Å². The van der Waals surface area contributed by atoms with Gasteiger partial charge in [0.2, 0.25) is 0 Å². The highest BCUT2D eigenvalue weighted by Crippen LogP contribution is 2.36. The van der Waals surface area contributed by atoms with Gasteiger partial charge in [-0.1, -0.05) is 29.8 Å². The summed E-state index contributed by atoms with van der Waals surface area (Å²) in [4.78, 5) is 17.7. The molecule has 1 aliphatic carbocycles. The molecule has 1 fully saturated rings. The second-order valence-corrected chi connectivity index (χ2v) is 9.43. The number of aliphatic hydroxyl groups is 1. The fourth-order valence-corrected chi connectivity index (χ4v) is 3.88. The fraction of sp³-hybridized carbons (Fsp3) is 0.379. The lowest BCUT2D eigenvalue weighted by Crippen LogP contribution is -2.24. The molecule has 1 saturated carbocycles. The van der Waals surface area contributed by atoms with Gasteiger partial charge in [-0.2, -0.15) is 0 Å². The Labute approximate surface area is 212 Å². The van der Waals surface area contributed by atoms with Gasteiger partial charge < -0.3 is 25.1 Å². The van der Waals surface area contributed by atoms with E-state index >= 15 is 0 Å². The van der Waals surface area contributed by atoms with E-state index in [1.165, 1.54) is 0 Å². The standard InChI is InChI=1S/C29H34N2O5/c1-19-4-6-20(7-5-19)28-25(35-17-16-30)12-13-27(31-28)29(2,33)15-14-23(32)21-8-11-24(26(18-21)34-3)36-22-9-10-22/h4-8,11-13,18,22,33H,9-10,14-17,30H2,1-3H3. The van der Waals surface area contributed by atoms with Crippen molar-refractivity contribution in [1.29, 1.82) is 0 Å². The first-order valence-corrected chi connectivity index (χ1v) is 12.3. The van der Waals surface area contributed by atoms with Crippen molar-refractivity contribution in [2.45, 2.75) is 51.2 Å². The second kappa shape index (κ2) is 11.1. The molecule has 0 amide bonds. The molecule has 1 aliphatic rings. The summed E-state index contributed by atoms with van der Waals surface area (Å²) < 4.78 is 17.1. The number of carbonyl (C=O) groups excluding carboxylic acids is 1. The third kappa shape index (κ3) is 6.22. The molecule has 1 aromatic heterocycles. The Morgan fingerprint density at radius 2 is 1.81 bits per heavy atom. The number of rotatable bonds is 12. The summed E-state index contributed by atoms with van der Waals surface area (Å²) in [5, 5.41) is 11.3. The molecule has 0 aliphatic heterocycles. The van der Waals surface area contributed by atoms with Gasteiger partial charge in [0.15, 0.2) is 17.3 Å². The molecule has 0 spiro atoms. The predicted octanol–water partition coefficient (Wildman–Crippen LogP) is 4.81. The molecule has 2 aromatic carbocycles. The lowest BCUT2D eigenvalue weighted by atomic mass is 9.92. The van der Waals surface area contributed by atoms with Gasteiger partial charge in [-0.25, -0.2) is 4.98 Å². The number of aromatic nitrogens is 1. The van der Waals surface area contributed by atoms with Gasteiger partial charge in [0.25, 0.3) is 0 Å². The minimum absolute atomic E-state index is 0.0896. The molecule has 190 valence electrons. The smallest absolute Gasteiger partial charge is 0.163 e. The third-order valence-electron chi connectivity index (χ3n) is 6.25. The Bertz CT molecular complexity index is 1200. The van der Waals surface area contributed by atoms with Crippen molar-refractivity contribution < 1.29 is 24.1 Å². The molecule has 0 saturated heterocycles. The number of carbonyl (C=O) groups is 1. The van der Waals surface area contributed by atoms with Crippen LogP contribution in [0.15, 0.2) is 54.6 Å². The number of nitrogens with zero attached hydrogens (tertiary/aromatic N) is 1. The van der Waals surface area contributed by atoms with Crippen molar-refractivity contribution in [2.75, 3.05) is 20.3 Å². The van der Waals surface area contributed by atoms with Gasteiger partial charge in [-0.05, 0) is 63.4 Å². The van der Waals surface area contributed by atoms with Gasteiger partial charge in [0, 0.05) is 24.1 Å². The number of hydrogen-bond donors (Lipinski definition) is 2. The SMILES string of the molecule is COc1cc(C(=O)CCC(C)(O)c2ccc(OCCN)c(-c3ccc(C)cc3)n2)ccc1OC1CC1. The van der Waals surface area contributed by atoms with Crippen LogP contribution in [0.4, 0.5) is 0 Å². The molecule has 4 rings (SSSR count). The topological polar surface area (TPSA) is 104 Å². The van der Waals surface area contributed by atoms with Crippen LogP contribution in [0.3, 0.4) is 0 Å². The van der Waals surface area contributed by atoms with Crippen LogP contribution in [-0.4, -0.2) is 42.2 Å².